The number of benzene rings is 1. The number of halogens is 2. The first-order valence-corrected chi connectivity index (χ1v) is 8.60. The molecule has 0 bridgehead atoms. The highest BCUT2D eigenvalue weighted by atomic mass is 35.5. The van der Waals surface area contributed by atoms with Crippen LogP contribution in [-0.2, 0) is 4.79 Å². The van der Waals surface area contributed by atoms with Crippen LogP contribution < -0.4 is 4.90 Å². The SMILES string of the molecule is Cc1cccc(/C=C2\SC(=S)N(c3ccc(Cl)cc3Cl)C2=O)n1. The van der Waals surface area contributed by atoms with E-state index >= 15 is 0 Å². The van der Waals surface area contributed by atoms with E-state index in [-0.39, 0.29) is 5.91 Å². The van der Waals surface area contributed by atoms with Gasteiger partial charge in [0, 0.05) is 10.7 Å². The maximum absolute atomic E-state index is 12.7. The van der Waals surface area contributed by atoms with Crippen molar-refractivity contribution in [2.24, 2.45) is 0 Å². The fraction of sp³-hybridized carbons (Fsp3) is 0.0625. The molecular formula is C16H10Cl2N2OS2. The lowest BCUT2D eigenvalue weighted by Crippen LogP contribution is -2.27. The van der Waals surface area contributed by atoms with Gasteiger partial charge in [0.25, 0.3) is 5.91 Å². The molecule has 1 aromatic carbocycles. The molecule has 1 aliphatic heterocycles. The number of aromatic nitrogens is 1. The molecule has 0 unspecified atom stereocenters. The van der Waals surface area contributed by atoms with Crippen molar-refractivity contribution in [2.75, 3.05) is 4.90 Å². The van der Waals surface area contributed by atoms with Crippen molar-refractivity contribution in [1.82, 2.24) is 4.98 Å². The van der Waals surface area contributed by atoms with Gasteiger partial charge in [-0.15, -0.1) is 0 Å². The number of carbonyl (C=O) groups excluding carboxylic acids is 1. The summed E-state index contributed by atoms with van der Waals surface area (Å²) in [5.74, 6) is -0.215. The van der Waals surface area contributed by atoms with Crippen LogP contribution in [-0.4, -0.2) is 15.2 Å². The molecule has 23 heavy (non-hydrogen) atoms. The molecule has 0 atom stereocenters. The third kappa shape index (κ3) is 3.43. The fourth-order valence-corrected chi connectivity index (χ4v) is 3.88. The Morgan fingerprint density at radius 1 is 1.26 bits per heavy atom. The van der Waals surface area contributed by atoms with E-state index in [1.165, 1.54) is 16.7 Å². The number of anilines is 1. The molecule has 7 heteroatoms. The first-order valence-electron chi connectivity index (χ1n) is 6.62. The summed E-state index contributed by atoms with van der Waals surface area (Å²) >= 11 is 18.6. The number of amides is 1. The Morgan fingerprint density at radius 2 is 2.04 bits per heavy atom. The molecule has 1 saturated heterocycles. The van der Waals surface area contributed by atoms with Crippen LogP contribution in [0.15, 0.2) is 41.3 Å². The van der Waals surface area contributed by atoms with E-state index in [2.05, 4.69) is 4.98 Å². The van der Waals surface area contributed by atoms with Gasteiger partial charge in [-0.3, -0.25) is 14.7 Å². The van der Waals surface area contributed by atoms with Crippen molar-refractivity contribution >= 4 is 69.2 Å². The van der Waals surface area contributed by atoms with Crippen LogP contribution in [0, 0.1) is 6.92 Å². The zero-order valence-corrected chi connectivity index (χ0v) is 15.1. The molecular weight excluding hydrogens is 371 g/mol. The van der Waals surface area contributed by atoms with Crippen molar-refractivity contribution < 1.29 is 4.79 Å². The van der Waals surface area contributed by atoms with Gasteiger partial charge in [0.1, 0.15) is 0 Å². The first-order chi connectivity index (χ1) is 11.0. The molecule has 1 aliphatic rings. The Balaban J connectivity index is 1.97. The molecule has 0 saturated carbocycles. The minimum absolute atomic E-state index is 0.215. The van der Waals surface area contributed by atoms with Gasteiger partial charge in [-0.1, -0.05) is 53.2 Å². The topological polar surface area (TPSA) is 33.2 Å². The van der Waals surface area contributed by atoms with Crippen molar-refractivity contribution in [2.45, 2.75) is 6.92 Å². The van der Waals surface area contributed by atoms with Gasteiger partial charge in [0.2, 0.25) is 0 Å². The molecule has 3 rings (SSSR count). The van der Waals surface area contributed by atoms with Crippen LogP contribution in [0.1, 0.15) is 11.4 Å². The Hall–Kier alpha value is -1.40. The normalized spacial score (nSPS) is 16.5. The average molecular weight is 381 g/mol. The van der Waals surface area contributed by atoms with Crippen LogP contribution in [0.3, 0.4) is 0 Å². The molecule has 0 spiro atoms. The molecule has 0 N–H and O–H groups in total. The van der Waals surface area contributed by atoms with Crippen molar-refractivity contribution in [3.8, 4) is 0 Å². The van der Waals surface area contributed by atoms with E-state index in [4.69, 9.17) is 35.4 Å². The summed E-state index contributed by atoms with van der Waals surface area (Å²) in [7, 11) is 0. The number of carbonyl (C=O) groups is 1. The third-order valence-corrected chi connectivity index (χ3v) is 4.97. The van der Waals surface area contributed by atoms with Gasteiger partial charge in [0.15, 0.2) is 4.32 Å². The Bertz CT molecular complexity index is 852. The maximum Gasteiger partial charge on any atom is 0.270 e. The highest BCUT2D eigenvalue weighted by Crippen LogP contribution is 2.39. The number of aryl methyl sites for hydroxylation is 1. The monoisotopic (exact) mass is 380 g/mol. The van der Waals surface area contributed by atoms with E-state index in [1.807, 2.05) is 25.1 Å². The second kappa shape index (κ2) is 6.61. The van der Waals surface area contributed by atoms with Crippen molar-refractivity contribution in [3.05, 3.63) is 62.7 Å². The van der Waals surface area contributed by atoms with Gasteiger partial charge in [-0.25, -0.2) is 0 Å². The molecule has 0 aliphatic carbocycles. The lowest BCUT2D eigenvalue weighted by molar-refractivity contribution is -0.113. The van der Waals surface area contributed by atoms with Crippen LogP contribution in [0.5, 0.6) is 0 Å². The molecule has 2 aromatic rings. The van der Waals surface area contributed by atoms with Crippen LogP contribution in [0.4, 0.5) is 5.69 Å². The second-order valence-corrected chi connectivity index (χ2v) is 7.34. The second-order valence-electron chi connectivity index (χ2n) is 4.82. The average Bonchev–Trinajstić information content (AvgIpc) is 2.74. The summed E-state index contributed by atoms with van der Waals surface area (Å²) in [6.07, 6.45) is 1.73. The number of thioether (sulfide) groups is 1. The van der Waals surface area contributed by atoms with Crippen LogP contribution in [0.2, 0.25) is 10.0 Å². The largest absolute Gasteiger partial charge is 0.270 e. The predicted octanol–water partition coefficient (Wildman–Crippen LogP) is 5.10. The molecule has 3 nitrogen and oxygen atoms in total. The number of nitrogens with zero attached hydrogens (tertiary/aromatic N) is 2. The zero-order valence-electron chi connectivity index (χ0n) is 11.9. The van der Waals surface area contributed by atoms with E-state index in [0.717, 1.165) is 5.69 Å². The van der Waals surface area contributed by atoms with Gasteiger partial charge in [-0.05, 0) is 43.3 Å². The van der Waals surface area contributed by atoms with Crippen molar-refractivity contribution in [3.63, 3.8) is 0 Å². The molecule has 2 heterocycles. The van der Waals surface area contributed by atoms with Gasteiger partial charge in [0.05, 0.1) is 21.3 Å². The summed E-state index contributed by atoms with van der Waals surface area (Å²) in [6.45, 7) is 1.90. The number of thiocarbonyl (C=S) groups is 1. The van der Waals surface area contributed by atoms with Gasteiger partial charge in [-0.2, -0.15) is 0 Å². The quantitative estimate of drug-likeness (QED) is 0.535. The zero-order chi connectivity index (χ0) is 16.6. The molecule has 1 aromatic heterocycles. The van der Waals surface area contributed by atoms with Crippen LogP contribution >= 0.6 is 47.2 Å². The molecule has 1 fully saturated rings. The Kier molecular flexibility index (Phi) is 4.73. The Morgan fingerprint density at radius 3 is 2.74 bits per heavy atom. The van der Waals surface area contributed by atoms with E-state index < -0.39 is 0 Å². The molecule has 116 valence electrons. The summed E-state index contributed by atoms with van der Waals surface area (Å²) in [5, 5.41) is 0.882. The third-order valence-electron chi connectivity index (χ3n) is 3.13. The minimum atomic E-state index is -0.215. The van der Waals surface area contributed by atoms with E-state index in [9.17, 15) is 4.79 Å². The number of hydrogen-bond acceptors (Lipinski definition) is 4. The molecule has 1 amide bonds. The summed E-state index contributed by atoms with van der Waals surface area (Å²) < 4.78 is 0.429. The molecule has 0 radical (unpaired) electrons. The number of rotatable bonds is 2. The highest BCUT2D eigenvalue weighted by Gasteiger charge is 2.34. The summed E-state index contributed by atoms with van der Waals surface area (Å²) in [6, 6.07) is 10.6. The lowest BCUT2D eigenvalue weighted by Gasteiger charge is -2.16. The fourth-order valence-electron chi connectivity index (χ4n) is 2.12. The number of pyridine rings is 1. The number of hydrogen-bond donors (Lipinski definition) is 0. The smallest absolute Gasteiger partial charge is 0.268 e. The van der Waals surface area contributed by atoms with E-state index in [1.54, 1.807) is 24.3 Å². The Labute approximate surface area is 153 Å². The standard InChI is InChI=1S/C16H10Cl2N2OS2/c1-9-3-2-4-11(19-9)8-14-15(21)20(16(22)23-14)13-6-5-10(17)7-12(13)18/h2-8H,1H3/b14-8-. The van der Waals surface area contributed by atoms with Crippen LogP contribution in [0.25, 0.3) is 6.08 Å². The maximum atomic E-state index is 12.7. The van der Waals surface area contributed by atoms with E-state index in [0.29, 0.717) is 30.7 Å². The van der Waals surface area contributed by atoms with Gasteiger partial charge < -0.3 is 0 Å². The van der Waals surface area contributed by atoms with Crippen molar-refractivity contribution in [1.29, 1.82) is 0 Å². The minimum Gasteiger partial charge on any atom is -0.268 e. The predicted molar refractivity (Wildman–Crippen MR) is 101 cm³/mol. The van der Waals surface area contributed by atoms with Gasteiger partial charge >= 0.3 is 0 Å². The summed E-state index contributed by atoms with van der Waals surface area (Å²) in [4.78, 5) is 19.0. The lowest BCUT2D eigenvalue weighted by atomic mass is 10.2. The first kappa shape index (κ1) is 16.5. The highest BCUT2D eigenvalue weighted by molar-refractivity contribution is 8.27. The summed E-state index contributed by atoms with van der Waals surface area (Å²) in [5.41, 5.74) is 2.13.